The van der Waals surface area contributed by atoms with Crippen LogP contribution in [0.2, 0.25) is 0 Å². The Bertz CT molecular complexity index is 1190. The molecule has 2 atom stereocenters. The van der Waals surface area contributed by atoms with Crippen LogP contribution in [-0.4, -0.2) is 30.7 Å². The third-order valence-electron chi connectivity index (χ3n) is 5.86. The summed E-state index contributed by atoms with van der Waals surface area (Å²) < 4.78 is 38.2. The monoisotopic (exact) mass is 425 g/mol. The van der Waals surface area contributed by atoms with Crippen LogP contribution in [0.4, 0.5) is 0 Å². The van der Waals surface area contributed by atoms with Gasteiger partial charge in [0, 0.05) is 23.7 Å². The predicted molar refractivity (Wildman–Crippen MR) is 112 cm³/mol. The van der Waals surface area contributed by atoms with E-state index in [0.29, 0.717) is 25.3 Å². The minimum absolute atomic E-state index is 0.150. The van der Waals surface area contributed by atoms with Crippen molar-refractivity contribution in [2.45, 2.75) is 43.7 Å². The predicted octanol–water partition coefficient (Wildman–Crippen LogP) is 3.21. The van der Waals surface area contributed by atoms with Gasteiger partial charge in [-0.05, 0) is 43.5 Å². The molecule has 4 bridgehead atoms. The number of aromatic nitrogens is 2. The first kappa shape index (κ1) is 19.3. The van der Waals surface area contributed by atoms with Gasteiger partial charge in [-0.15, -0.1) is 0 Å². The van der Waals surface area contributed by atoms with E-state index in [1.54, 1.807) is 6.26 Å². The van der Waals surface area contributed by atoms with Crippen molar-refractivity contribution in [1.82, 2.24) is 14.7 Å². The molecule has 2 aliphatic rings. The van der Waals surface area contributed by atoms with Gasteiger partial charge in [-0.2, -0.15) is 0 Å². The molecule has 0 amide bonds. The van der Waals surface area contributed by atoms with E-state index in [-0.39, 0.29) is 6.04 Å². The van der Waals surface area contributed by atoms with Crippen LogP contribution >= 0.6 is 0 Å². The highest BCUT2D eigenvalue weighted by atomic mass is 32.2. The van der Waals surface area contributed by atoms with Crippen molar-refractivity contribution in [3.8, 4) is 17.0 Å². The highest BCUT2D eigenvalue weighted by Gasteiger charge is 2.45. The molecule has 1 fully saturated rings. The Hall–Kier alpha value is -2.71. The zero-order valence-electron chi connectivity index (χ0n) is 16.7. The summed E-state index contributed by atoms with van der Waals surface area (Å²) in [5.74, 6) is 1.38. The molecule has 156 valence electrons. The minimum Gasteiger partial charge on any atom is -0.486 e. The van der Waals surface area contributed by atoms with Gasteiger partial charge in [0.25, 0.3) is 0 Å². The molecule has 1 aliphatic heterocycles. The standard InChI is InChI=1S/C22H23N3O4S/c1-30(26,27)25-16-9-10-22(12-16)11-15-5-4-7-19(23-15)18-6-2-3-8-20(18)28-13-17-14-29-21(22)24-17/h2-8,14,16,25H,9-13H2,1H3/t16-,22+/m0/s1. The molecule has 0 radical (unpaired) electrons. The molecular formula is C22H23N3O4S. The molecule has 30 heavy (non-hydrogen) atoms. The number of benzene rings is 1. The Morgan fingerprint density at radius 2 is 1.97 bits per heavy atom. The molecule has 0 unspecified atom stereocenters. The molecule has 3 heterocycles. The summed E-state index contributed by atoms with van der Waals surface area (Å²) in [4.78, 5) is 9.63. The zero-order chi connectivity index (χ0) is 20.8. The highest BCUT2D eigenvalue weighted by Crippen LogP contribution is 2.44. The van der Waals surface area contributed by atoms with Crippen LogP contribution in [0.3, 0.4) is 0 Å². The third-order valence-corrected chi connectivity index (χ3v) is 6.62. The SMILES string of the molecule is CS(=O)(=O)N[C@H]1CC[C@@]2(Cc3cccc(n3)-c3ccccc3OCc3coc2n3)C1. The van der Waals surface area contributed by atoms with Gasteiger partial charge in [-0.25, -0.2) is 18.1 Å². The summed E-state index contributed by atoms with van der Waals surface area (Å²) in [7, 11) is -3.28. The van der Waals surface area contributed by atoms with Gasteiger partial charge >= 0.3 is 0 Å². The Morgan fingerprint density at radius 3 is 2.83 bits per heavy atom. The molecule has 5 rings (SSSR count). The molecule has 8 heteroatoms. The first-order valence-electron chi connectivity index (χ1n) is 10.0. The van der Waals surface area contributed by atoms with Crippen molar-refractivity contribution in [1.29, 1.82) is 0 Å². The van der Waals surface area contributed by atoms with Gasteiger partial charge in [0.15, 0.2) is 0 Å². The summed E-state index contributed by atoms with van der Waals surface area (Å²) in [6, 6.07) is 13.7. The summed E-state index contributed by atoms with van der Waals surface area (Å²) in [5.41, 5.74) is 3.01. The fourth-order valence-electron chi connectivity index (χ4n) is 4.61. The van der Waals surface area contributed by atoms with Crippen LogP contribution in [0.5, 0.6) is 5.75 Å². The number of oxazole rings is 1. The summed E-state index contributed by atoms with van der Waals surface area (Å²) in [6.07, 6.45) is 5.57. The second-order valence-electron chi connectivity index (χ2n) is 8.23. The van der Waals surface area contributed by atoms with E-state index >= 15 is 0 Å². The number of nitrogens with one attached hydrogen (secondary N) is 1. The fraction of sp³-hybridized carbons (Fsp3) is 0.364. The van der Waals surface area contributed by atoms with Gasteiger partial charge in [0.2, 0.25) is 15.9 Å². The van der Waals surface area contributed by atoms with Crippen LogP contribution in [0, 0.1) is 0 Å². The van der Waals surface area contributed by atoms with E-state index < -0.39 is 15.4 Å². The molecule has 1 saturated carbocycles. The number of ether oxygens (including phenoxy) is 1. The Kier molecular flexibility index (Phi) is 4.63. The normalized spacial score (nSPS) is 23.3. The largest absolute Gasteiger partial charge is 0.486 e. The second kappa shape index (κ2) is 7.21. The molecule has 7 nitrogen and oxygen atoms in total. The number of pyridine rings is 1. The Morgan fingerprint density at radius 1 is 1.10 bits per heavy atom. The second-order valence-corrected chi connectivity index (χ2v) is 10.0. The Balaban J connectivity index is 1.58. The van der Waals surface area contributed by atoms with Crippen LogP contribution in [0.1, 0.15) is 36.5 Å². The minimum atomic E-state index is -3.28. The van der Waals surface area contributed by atoms with E-state index in [9.17, 15) is 8.42 Å². The molecule has 1 aliphatic carbocycles. The quantitative estimate of drug-likeness (QED) is 0.678. The summed E-state index contributed by atoms with van der Waals surface area (Å²) >= 11 is 0. The van der Waals surface area contributed by atoms with Gasteiger partial charge in [0.1, 0.15) is 24.3 Å². The summed E-state index contributed by atoms with van der Waals surface area (Å²) in [6.45, 7) is 0.293. The van der Waals surface area contributed by atoms with Crippen LogP contribution in [0.25, 0.3) is 11.3 Å². The number of hydrogen-bond donors (Lipinski definition) is 1. The first-order valence-corrected chi connectivity index (χ1v) is 11.9. The third kappa shape index (κ3) is 3.73. The number of fused-ring (bicyclic) bond motifs is 7. The molecule has 0 saturated heterocycles. The maximum Gasteiger partial charge on any atom is 0.208 e. The van der Waals surface area contributed by atoms with Crippen molar-refractivity contribution in [3.05, 3.63) is 66.0 Å². The molecule has 1 aromatic carbocycles. The molecule has 3 aromatic rings. The van der Waals surface area contributed by atoms with Crippen LogP contribution in [0.15, 0.2) is 53.1 Å². The van der Waals surface area contributed by atoms with Crippen LogP contribution in [-0.2, 0) is 28.5 Å². The topological polar surface area (TPSA) is 94.3 Å². The molecule has 1 N–H and O–H groups in total. The smallest absolute Gasteiger partial charge is 0.208 e. The lowest BCUT2D eigenvalue weighted by atomic mass is 9.80. The summed E-state index contributed by atoms with van der Waals surface area (Å²) in [5, 5.41) is 0. The molecule has 2 aromatic heterocycles. The van der Waals surface area contributed by atoms with E-state index in [0.717, 1.165) is 41.2 Å². The van der Waals surface area contributed by atoms with Crippen molar-refractivity contribution >= 4 is 10.0 Å². The Labute approximate surface area is 175 Å². The van der Waals surface area contributed by atoms with Crippen molar-refractivity contribution in [2.75, 3.05) is 6.26 Å². The highest BCUT2D eigenvalue weighted by molar-refractivity contribution is 7.88. The number of hydrogen-bond acceptors (Lipinski definition) is 6. The lowest BCUT2D eigenvalue weighted by Crippen LogP contribution is -2.35. The van der Waals surface area contributed by atoms with Gasteiger partial charge in [-0.1, -0.05) is 18.2 Å². The van der Waals surface area contributed by atoms with Gasteiger partial charge < -0.3 is 9.15 Å². The number of sulfonamides is 1. The zero-order valence-corrected chi connectivity index (χ0v) is 17.5. The number of nitrogens with zero attached hydrogens (tertiary/aromatic N) is 2. The van der Waals surface area contributed by atoms with Gasteiger partial charge in [-0.3, -0.25) is 4.98 Å². The molecular weight excluding hydrogens is 402 g/mol. The van der Waals surface area contributed by atoms with Gasteiger partial charge in [0.05, 0.1) is 17.4 Å². The van der Waals surface area contributed by atoms with Crippen molar-refractivity contribution in [3.63, 3.8) is 0 Å². The fourth-order valence-corrected chi connectivity index (χ4v) is 5.41. The average molecular weight is 426 g/mol. The van der Waals surface area contributed by atoms with E-state index in [1.807, 2.05) is 42.5 Å². The average Bonchev–Trinajstić information content (AvgIpc) is 3.33. The van der Waals surface area contributed by atoms with E-state index in [4.69, 9.17) is 19.1 Å². The maximum atomic E-state index is 11.8. The first-order chi connectivity index (χ1) is 14.4. The van der Waals surface area contributed by atoms with E-state index in [1.165, 1.54) is 6.26 Å². The van der Waals surface area contributed by atoms with Crippen LogP contribution < -0.4 is 9.46 Å². The lowest BCUT2D eigenvalue weighted by Gasteiger charge is -2.26. The maximum absolute atomic E-state index is 11.8. The van der Waals surface area contributed by atoms with Crippen molar-refractivity contribution < 1.29 is 17.6 Å². The molecule has 1 spiro atoms. The number of para-hydroxylation sites is 1. The number of rotatable bonds is 2. The lowest BCUT2D eigenvalue weighted by molar-refractivity contribution is 0.301. The van der Waals surface area contributed by atoms with E-state index in [2.05, 4.69) is 4.72 Å². The van der Waals surface area contributed by atoms with Crippen molar-refractivity contribution in [2.24, 2.45) is 0 Å².